The van der Waals surface area contributed by atoms with E-state index in [9.17, 15) is 9.59 Å². The van der Waals surface area contributed by atoms with Crippen LogP contribution in [0.5, 0.6) is 0 Å². The van der Waals surface area contributed by atoms with Crippen LogP contribution in [0.1, 0.15) is 17.3 Å². The minimum absolute atomic E-state index is 0.101. The summed E-state index contributed by atoms with van der Waals surface area (Å²) in [6.45, 7) is 2.56. The van der Waals surface area contributed by atoms with Crippen LogP contribution in [0.4, 0.5) is 0 Å². The summed E-state index contributed by atoms with van der Waals surface area (Å²) in [5, 5.41) is 11.6. The highest BCUT2D eigenvalue weighted by atomic mass is 32.2. The fraction of sp³-hybridized carbons (Fsp3) is 0.417. The molecular formula is C12H16N2O4S. The van der Waals surface area contributed by atoms with Gasteiger partial charge >= 0.3 is 5.97 Å². The van der Waals surface area contributed by atoms with E-state index in [-0.39, 0.29) is 11.5 Å². The number of carboxylic acids is 1. The van der Waals surface area contributed by atoms with Gasteiger partial charge in [-0.1, -0.05) is 11.8 Å². The molecule has 1 heterocycles. The van der Waals surface area contributed by atoms with Gasteiger partial charge in [-0.25, -0.2) is 9.78 Å². The zero-order valence-electron chi connectivity index (χ0n) is 10.8. The molecule has 1 unspecified atom stereocenters. The maximum absolute atomic E-state index is 11.7. The quantitative estimate of drug-likeness (QED) is 0.574. The van der Waals surface area contributed by atoms with E-state index in [1.54, 1.807) is 20.1 Å². The Bertz CT molecular complexity index is 453. The molecule has 0 bridgehead atoms. The van der Waals surface area contributed by atoms with Gasteiger partial charge in [0.1, 0.15) is 5.03 Å². The van der Waals surface area contributed by atoms with Crippen molar-refractivity contribution in [2.45, 2.75) is 17.2 Å². The van der Waals surface area contributed by atoms with Gasteiger partial charge in [-0.2, -0.15) is 0 Å². The summed E-state index contributed by atoms with van der Waals surface area (Å²) >= 11 is 1.12. The number of nitrogens with one attached hydrogen (secondary N) is 1. The van der Waals surface area contributed by atoms with Crippen LogP contribution in [-0.4, -0.2) is 47.5 Å². The Morgan fingerprint density at radius 3 is 2.95 bits per heavy atom. The minimum atomic E-state index is -1.05. The summed E-state index contributed by atoms with van der Waals surface area (Å²) in [6.07, 6.45) is 1.50. The summed E-state index contributed by atoms with van der Waals surface area (Å²) in [4.78, 5) is 26.8. The molecule has 0 aliphatic heterocycles. The summed E-state index contributed by atoms with van der Waals surface area (Å²) in [7, 11) is 1.55. The van der Waals surface area contributed by atoms with E-state index in [4.69, 9.17) is 9.84 Å². The molecular weight excluding hydrogens is 268 g/mol. The summed E-state index contributed by atoms with van der Waals surface area (Å²) < 4.78 is 4.83. The topological polar surface area (TPSA) is 88.5 Å². The maximum Gasteiger partial charge on any atom is 0.338 e. The third kappa shape index (κ3) is 4.88. The zero-order valence-corrected chi connectivity index (χ0v) is 11.6. The highest BCUT2D eigenvalue weighted by molar-refractivity contribution is 8.00. The van der Waals surface area contributed by atoms with Gasteiger partial charge < -0.3 is 15.2 Å². The lowest BCUT2D eigenvalue weighted by Crippen LogP contribution is -2.33. The predicted octanol–water partition coefficient (Wildman–Crippen LogP) is 1.02. The van der Waals surface area contributed by atoms with Crippen molar-refractivity contribution in [2.24, 2.45) is 0 Å². The van der Waals surface area contributed by atoms with Crippen molar-refractivity contribution in [3.8, 4) is 0 Å². The highest BCUT2D eigenvalue weighted by Gasteiger charge is 2.18. The number of methoxy groups -OCH3 is 1. The fourth-order valence-electron chi connectivity index (χ4n) is 1.29. The Kier molecular flexibility index (Phi) is 6.31. The smallest absolute Gasteiger partial charge is 0.338 e. The highest BCUT2D eigenvalue weighted by Crippen LogP contribution is 2.24. The second kappa shape index (κ2) is 7.75. The lowest BCUT2D eigenvalue weighted by molar-refractivity contribution is -0.120. The van der Waals surface area contributed by atoms with E-state index in [0.717, 1.165) is 11.8 Å². The molecule has 0 saturated heterocycles. The third-order valence-corrected chi connectivity index (χ3v) is 3.38. The van der Waals surface area contributed by atoms with Gasteiger partial charge in [-0.15, -0.1) is 0 Å². The molecule has 19 heavy (non-hydrogen) atoms. The lowest BCUT2D eigenvalue weighted by Gasteiger charge is -2.12. The molecule has 0 radical (unpaired) electrons. The Hall–Kier alpha value is -1.60. The number of thioether (sulfide) groups is 1. The monoisotopic (exact) mass is 284 g/mol. The molecule has 1 atom stereocenters. The number of carboxylic acid groups (broad SMARTS) is 1. The number of nitrogens with zero attached hydrogens (tertiary/aromatic N) is 1. The van der Waals surface area contributed by atoms with E-state index in [0.29, 0.717) is 18.2 Å². The first-order chi connectivity index (χ1) is 9.06. The minimum Gasteiger partial charge on any atom is -0.478 e. The fourth-order valence-corrected chi connectivity index (χ4v) is 2.22. The average Bonchev–Trinajstić information content (AvgIpc) is 2.39. The number of pyridine rings is 1. The molecule has 2 N–H and O–H groups in total. The van der Waals surface area contributed by atoms with E-state index in [2.05, 4.69) is 10.3 Å². The molecule has 1 aromatic heterocycles. The van der Waals surface area contributed by atoms with Crippen molar-refractivity contribution in [3.63, 3.8) is 0 Å². The Morgan fingerprint density at radius 2 is 2.32 bits per heavy atom. The van der Waals surface area contributed by atoms with Crippen molar-refractivity contribution in [2.75, 3.05) is 20.3 Å². The van der Waals surface area contributed by atoms with E-state index >= 15 is 0 Å². The Morgan fingerprint density at radius 1 is 1.58 bits per heavy atom. The van der Waals surface area contributed by atoms with Gasteiger partial charge in [0.25, 0.3) is 0 Å². The number of aromatic nitrogens is 1. The number of hydrogen-bond acceptors (Lipinski definition) is 5. The Balaban J connectivity index is 2.63. The van der Waals surface area contributed by atoms with Crippen LogP contribution < -0.4 is 5.32 Å². The van der Waals surface area contributed by atoms with Crippen LogP contribution in [0.2, 0.25) is 0 Å². The Labute approximate surface area is 115 Å². The number of carbonyl (C=O) groups is 2. The first-order valence-corrected chi connectivity index (χ1v) is 6.55. The second-order valence-electron chi connectivity index (χ2n) is 3.71. The molecule has 0 spiro atoms. The number of rotatable bonds is 7. The van der Waals surface area contributed by atoms with Gasteiger partial charge in [-0.3, -0.25) is 4.79 Å². The summed E-state index contributed by atoms with van der Waals surface area (Å²) in [6, 6.07) is 3.02. The molecule has 0 aliphatic rings. The summed E-state index contributed by atoms with van der Waals surface area (Å²) in [5.74, 6) is -1.23. The SMILES string of the molecule is COCCNC(=O)C(C)Sc1ncccc1C(=O)O. The first kappa shape index (κ1) is 15.5. The van der Waals surface area contributed by atoms with Crippen LogP contribution >= 0.6 is 11.8 Å². The zero-order chi connectivity index (χ0) is 14.3. The molecule has 104 valence electrons. The molecule has 6 nitrogen and oxygen atoms in total. The number of amides is 1. The van der Waals surface area contributed by atoms with Gasteiger partial charge in [0.2, 0.25) is 5.91 Å². The van der Waals surface area contributed by atoms with Crippen LogP contribution in [0.15, 0.2) is 23.4 Å². The molecule has 0 saturated carbocycles. The number of aromatic carboxylic acids is 1. The van der Waals surface area contributed by atoms with Crippen molar-refractivity contribution in [1.82, 2.24) is 10.3 Å². The van der Waals surface area contributed by atoms with Crippen molar-refractivity contribution >= 4 is 23.6 Å². The van der Waals surface area contributed by atoms with Crippen LogP contribution in [0.25, 0.3) is 0 Å². The van der Waals surface area contributed by atoms with Gasteiger partial charge in [-0.05, 0) is 19.1 Å². The molecule has 1 amide bonds. The van der Waals surface area contributed by atoms with Crippen LogP contribution in [-0.2, 0) is 9.53 Å². The van der Waals surface area contributed by atoms with Gasteiger partial charge in [0.15, 0.2) is 0 Å². The predicted molar refractivity (Wildman–Crippen MR) is 71.4 cm³/mol. The second-order valence-corrected chi connectivity index (χ2v) is 5.03. The van der Waals surface area contributed by atoms with Crippen molar-refractivity contribution in [1.29, 1.82) is 0 Å². The van der Waals surface area contributed by atoms with E-state index in [1.165, 1.54) is 12.3 Å². The van der Waals surface area contributed by atoms with E-state index in [1.807, 2.05) is 0 Å². The standard InChI is InChI=1S/C12H16N2O4S/c1-8(10(15)13-6-7-18-2)19-11-9(12(16)17)4-3-5-14-11/h3-5,8H,6-7H2,1-2H3,(H,13,15)(H,16,17). The summed E-state index contributed by atoms with van der Waals surface area (Å²) in [5.41, 5.74) is 0.101. The molecule has 1 rings (SSSR count). The van der Waals surface area contributed by atoms with Gasteiger partial charge in [0.05, 0.1) is 17.4 Å². The molecule has 7 heteroatoms. The molecule has 0 aliphatic carbocycles. The number of carbonyl (C=O) groups excluding carboxylic acids is 1. The number of hydrogen-bond donors (Lipinski definition) is 2. The molecule has 1 aromatic rings. The van der Waals surface area contributed by atoms with Gasteiger partial charge in [0, 0.05) is 19.9 Å². The third-order valence-electron chi connectivity index (χ3n) is 2.26. The number of ether oxygens (including phenoxy) is 1. The molecule has 0 aromatic carbocycles. The molecule has 0 fully saturated rings. The largest absolute Gasteiger partial charge is 0.478 e. The lowest BCUT2D eigenvalue weighted by atomic mass is 10.3. The van der Waals surface area contributed by atoms with Crippen LogP contribution in [0, 0.1) is 0 Å². The van der Waals surface area contributed by atoms with Crippen molar-refractivity contribution in [3.05, 3.63) is 23.9 Å². The normalized spacial score (nSPS) is 11.9. The van der Waals surface area contributed by atoms with Crippen LogP contribution in [0.3, 0.4) is 0 Å². The maximum atomic E-state index is 11.7. The van der Waals surface area contributed by atoms with Crippen molar-refractivity contribution < 1.29 is 19.4 Å². The van der Waals surface area contributed by atoms with E-state index < -0.39 is 11.2 Å². The average molecular weight is 284 g/mol. The first-order valence-electron chi connectivity index (χ1n) is 5.68.